The summed E-state index contributed by atoms with van der Waals surface area (Å²) in [6.07, 6.45) is 5.01. The first-order valence-corrected chi connectivity index (χ1v) is 5.49. The molecule has 2 heterocycles. The molecule has 0 fully saturated rings. The van der Waals surface area contributed by atoms with E-state index in [2.05, 4.69) is 15.3 Å². The molecule has 0 unspecified atom stereocenters. The smallest absolute Gasteiger partial charge is 0.270 e. The van der Waals surface area contributed by atoms with Crippen molar-refractivity contribution in [3.63, 3.8) is 0 Å². The van der Waals surface area contributed by atoms with Gasteiger partial charge in [-0.25, -0.2) is 0 Å². The van der Waals surface area contributed by atoms with Crippen LogP contribution in [0.3, 0.4) is 0 Å². The predicted molar refractivity (Wildman–Crippen MR) is 66.8 cm³/mol. The summed E-state index contributed by atoms with van der Waals surface area (Å²) in [5.41, 5.74) is 0.147. The second-order valence-corrected chi connectivity index (χ2v) is 4.96. The molecule has 2 aromatic rings. The fourth-order valence-corrected chi connectivity index (χ4v) is 1.59. The molecule has 4 heteroatoms. The first kappa shape index (κ1) is 11.5. The lowest BCUT2D eigenvalue weighted by Crippen LogP contribution is -2.41. The van der Waals surface area contributed by atoms with Gasteiger partial charge in [0.15, 0.2) is 0 Å². The molecule has 1 amide bonds. The lowest BCUT2D eigenvalue weighted by atomic mass is 10.1. The zero-order valence-electron chi connectivity index (χ0n) is 10.2. The van der Waals surface area contributed by atoms with Crippen LogP contribution in [0.1, 0.15) is 31.3 Å². The normalized spacial score (nSPS) is 11.5. The van der Waals surface area contributed by atoms with Gasteiger partial charge in [0.2, 0.25) is 0 Å². The number of rotatable bonds is 1. The zero-order chi connectivity index (χ0) is 12.5. The zero-order valence-corrected chi connectivity index (χ0v) is 10.2. The minimum absolute atomic E-state index is 0.170. The van der Waals surface area contributed by atoms with Gasteiger partial charge in [0.05, 0.1) is 0 Å². The Labute approximate surface area is 100 Å². The summed E-state index contributed by atoms with van der Waals surface area (Å²) >= 11 is 0. The van der Waals surface area contributed by atoms with Gasteiger partial charge in [-0.05, 0) is 38.3 Å². The maximum Gasteiger partial charge on any atom is 0.270 e. The fraction of sp³-hybridized carbons (Fsp3) is 0.308. The molecule has 2 rings (SSSR count). The number of nitrogens with one attached hydrogen (secondary N) is 1. The molecule has 4 nitrogen and oxygen atoms in total. The highest BCUT2D eigenvalue weighted by molar-refractivity contribution is 6.05. The third-order valence-corrected chi connectivity index (χ3v) is 2.27. The van der Waals surface area contributed by atoms with Gasteiger partial charge in [-0.2, -0.15) is 0 Å². The first-order valence-electron chi connectivity index (χ1n) is 5.49. The van der Waals surface area contributed by atoms with E-state index in [4.69, 9.17) is 0 Å². The molecule has 1 N–H and O–H groups in total. The van der Waals surface area contributed by atoms with Gasteiger partial charge < -0.3 is 5.32 Å². The molecule has 0 radical (unpaired) electrons. The van der Waals surface area contributed by atoms with Crippen LogP contribution in [0.4, 0.5) is 0 Å². The highest BCUT2D eigenvalue weighted by atomic mass is 16.2. The van der Waals surface area contributed by atoms with E-state index in [1.807, 2.05) is 32.9 Å². The van der Waals surface area contributed by atoms with Crippen molar-refractivity contribution in [1.29, 1.82) is 0 Å². The molecule has 0 saturated carbocycles. The highest BCUT2D eigenvalue weighted by Crippen LogP contribution is 2.15. The maximum atomic E-state index is 12.1. The van der Waals surface area contributed by atoms with Crippen LogP contribution in [0.2, 0.25) is 0 Å². The van der Waals surface area contributed by atoms with Crippen molar-refractivity contribution in [2.75, 3.05) is 0 Å². The maximum absolute atomic E-state index is 12.1. The van der Waals surface area contributed by atoms with Gasteiger partial charge in [0.25, 0.3) is 5.91 Å². The predicted octanol–water partition coefficient (Wildman–Crippen LogP) is 2.16. The number of nitrogens with zero attached hydrogens (tertiary/aromatic N) is 2. The molecule has 0 aliphatic carbocycles. The Balaban J connectivity index is 2.45. The Hall–Kier alpha value is -1.97. The highest BCUT2D eigenvalue weighted by Gasteiger charge is 2.18. The summed E-state index contributed by atoms with van der Waals surface area (Å²) < 4.78 is 0. The minimum Gasteiger partial charge on any atom is -0.346 e. The van der Waals surface area contributed by atoms with E-state index in [1.54, 1.807) is 18.6 Å². The number of carbonyl (C=O) groups is 1. The van der Waals surface area contributed by atoms with Crippen LogP contribution in [0, 0.1) is 0 Å². The van der Waals surface area contributed by atoms with E-state index in [9.17, 15) is 4.79 Å². The number of aromatic nitrogens is 2. The van der Waals surface area contributed by atoms with Crippen molar-refractivity contribution >= 4 is 16.7 Å². The number of carbonyl (C=O) groups excluding carboxylic acids is 1. The van der Waals surface area contributed by atoms with Gasteiger partial charge in [0.1, 0.15) is 5.69 Å². The van der Waals surface area contributed by atoms with E-state index in [-0.39, 0.29) is 11.4 Å². The van der Waals surface area contributed by atoms with Crippen LogP contribution >= 0.6 is 0 Å². The summed E-state index contributed by atoms with van der Waals surface area (Å²) in [5, 5.41) is 4.64. The standard InChI is InChI=1S/C13H15N3O/c1-13(2,3)16-12(17)11-10-8-14-6-4-9(10)5-7-15-11/h4-8H,1-3H3,(H,16,17). The van der Waals surface area contributed by atoms with E-state index >= 15 is 0 Å². The van der Waals surface area contributed by atoms with Crippen LogP contribution in [0.25, 0.3) is 10.8 Å². The van der Waals surface area contributed by atoms with Crippen molar-refractivity contribution in [3.8, 4) is 0 Å². The molecule has 0 saturated heterocycles. The summed E-state index contributed by atoms with van der Waals surface area (Å²) in [4.78, 5) is 20.2. The monoisotopic (exact) mass is 229 g/mol. The lowest BCUT2D eigenvalue weighted by molar-refractivity contribution is 0.0916. The van der Waals surface area contributed by atoms with Crippen molar-refractivity contribution in [2.45, 2.75) is 26.3 Å². The van der Waals surface area contributed by atoms with Gasteiger partial charge >= 0.3 is 0 Å². The number of pyridine rings is 2. The third-order valence-electron chi connectivity index (χ3n) is 2.27. The largest absolute Gasteiger partial charge is 0.346 e. The average Bonchev–Trinajstić information content (AvgIpc) is 2.26. The van der Waals surface area contributed by atoms with Crippen molar-refractivity contribution in [3.05, 3.63) is 36.4 Å². The molecule has 17 heavy (non-hydrogen) atoms. The Bertz CT molecular complexity index is 553. The third kappa shape index (κ3) is 2.58. The number of hydrogen-bond donors (Lipinski definition) is 1. The summed E-state index contributed by atoms with van der Waals surface area (Å²) in [6.45, 7) is 5.82. The Morgan fingerprint density at radius 3 is 2.65 bits per heavy atom. The lowest BCUT2D eigenvalue weighted by Gasteiger charge is -2.20. The van der Waals surface area contributed by atoms with Crippen LogP contribution in [-0.4, -0.2) is 21.4 Å². The summed E-state index contributed by atoms with van der Waals surface area (Å²) in [7, 11) is 0. The van der Waals surface area contributed by atoms with Crippen LogP contribution in [-0.2, 0) is 0 Å². The van der Waals surface area contributed by atoms with Crippen molar-refractivity contribution in [2.24, 2.45) is 0 Å². The van der Waals surface area contributed by atoms with Crippen molar-refractivity contribution in [1.82, 2.24) is 15.3 Å². The number of hydrogen-bond acceptors (Lipinski definition) is 3. The van der Waals surface area contributed by atoms with Crippen LogP contribution in [0.15, 0.2) is 30.7 Å². The van der Waals surface area contributed by atoms with Crippen molar-refractivity contribution < 1.29 is 4.79 Å². The first-order chi connectivity index (χ1) is 7.97. The Morgan fingerprint density at radius 1 is 1.24 bits per heavy atom. The van der Waals surface area contributed by atoms with E-state index in [0.717, 1.165) is 10.8 Å². The van der Waals surface area contributed by atoms with Gasteiger partial charge in [-0.15, -0.1) is 0 Å². The topological polar surface area (TPSA) is 54.9 Å². The molecule has 88 valence electrons. The molecule has 0 aliphatic heterocycles. The molecule has 0 spiro atoms. The average molecular weight is 229 g/mol. The molecule has 0 aliphatic rings. The molecular formula is C13H15N3O. The fourth-order valence-electron chi connectivity index (χ4n) is 1.59. The molecule has 2 aromatic heterocycles. The van der Waals surface area contributed by atoms with Crippen LogP contribution < -0.4 is 5.32 Å². The molecule has 0 aromatic carbocycles. The summed E-state index contributed by atoms with van der Waals surface area (Å²) in [5.74, 6) is -0.170. The summed E-state index contributed by atoms with van der Waals surface area (Å²) in [6, 6.07) is 3.73. The molecule has 0 bridgehead atoms. The number of amides is 1. The Kier molecular flexibility index (Phi) is 2.79. The second-order valence-electron chi connectivity index (χ2n) is 4.96. The van der Waals surface area contributed by atoms with Crippen LogP contribution in [0.5, 0.6) is 0 Å². The van der Waals surface area contributed by atoms with E-state index in [1.165, 1.54) is 0 Å². The SMILES string of the molecule is CC(C)(C)NC(=O)c1nccc2ccncc12. The van der Waals surface area contributed by atoms with Gasteiger partial charge in [0, 0.05) is 29.5 Å². The quantitative estimate of drug-likeness (QED) is 0.815. The van der Waals surface area contributed by atoms with Gasteiger partial charge in [-0.1, -0.05) is 0 Å². The second kappa shape index (κ2) is 4.13. The molecular weight excluding hydrogens is 214 g/mol. The van der Waals surface area contributed by atoms with E-state index in [0.29, 0.717) is 5.69 Å². The molecule has 0 atom stereocenters. The van der Waals surface area contributed by atoms with Gasteiger partial charge in [-0.3, -0.25) is 14.8 Å². The Morgan fingerprint density at radius 2 is 1.94 bits per heavy atom. The number of fused-ring (bicyclic) bond motifs is 1. The van der Waals surface area contributed by atoms with E-state index < -0.39 is 0 Å². The minimum atomic E-state index is -0.275.